The predicted molar refractivity (Wildman–Crippen MR) is 79.0 cm³/mol. The van der Waals surface area contributed by atoms with E-state index in [-0.39, 0.29) is 21.4 Å². The summed E-state index contributed by atoms with van der Waals surface area (Å²) in [5.41, 5.74) is -0.650. The van der Waals surface area contributed by atoms with Gasteiger partial charge in [0, 0.05) is 0 Å². The Labute approximate surface area is 128 Å². The lowest BCUT2D eigenvalue weighted by Crippen LogP contribution is -2.25. The van der Waals surface area contributed by atoms with E-state index in [2.05, 4.69) is 0 Å². The van der Waals surface area contributed by atoms with Crippen molar-refractivity contribution in [2.24, 2.45) is 0 Å². The molecule has 0 N–H and O–H groups in total. The first kappa shape index (κ1) is 17.3. The van der Waals surface area contributed by atoms with Gasteiger partial charge in [-0.25, -0.2) is 8.42 Å². The van der Waals surface area contributed by atoms with Crippen LogP contribution in [0.25, 0.3) is 0 Å². The number of carbonyl (C=O) groups excluding carboxylic acids is 1. The molecule has 0 saturated heterocycles. The monoisotopic (exact) mass is 338 g/mol. The number of carbonyl (C=O) groups is 1. The third-order valence-electron chi connectivity index (χ3n) is 2.22. The summed E-state index contributed by atoms with van der Waals surface area (Å²) >= 11 is 11.7. The number of sulfone groups is 1. The minimum atomic E-state index is -3.74. The molecule has 20 heavy (non-hydrogen) atoms. The van der Waals surface area contributed by atoms with Gasteiger partial charge in [-0.2, -0.15) is 0 Å². The fourth-order valence-electron chi connectivity index (χ4n) is 1.49. The van der Waals surface area contributed by atoms with Crippen molar-refractivity contribution >= 4 is 39.0 Å². The predicted octanol–water partition coefficient (Wildman–Crippen LogP) is 3.50. The van der Waals surface area contributed by atoms with Crippen molar-refractivity contribution in [3.63, 3.8) is 0 Å². The average molecular weight is 339 g/mol. The van der Waals surface area contributed by atoms with Crippen LogP contribution in [0.1, 0.15) is 27.2 Å². The SMILES string of the molecule is CC(C)(C)OC(=O)CCS(=O)(=O)c1c(Cl)cccc1Cl. The Morgan fingerprint density at radius 2 is 1.70 bits per heavy atom. The van der Waals surface area contributed by atoms with E-state index < -0.39 is 27.2 Å². The molecule has 7 heteroatoms. The molecule has 0 bridgehead atoms. The quantitative estimate of drug-likeness (QED) is 0.788. The Hall–Kier alpha value is -0.780. The summed E-state index contributed by atoms with van der Waals surface area (Å²) in [5, 5.41) is 0.0865. The molecule has 1 aromatic carbocycles. The van der Waals surface area contributed by atoms with Crippen LogP contribution in [0, 0.1) is 0 Å². The van der Waals surface area contributed by atoms with Crippen LogP contribution in [0.5, 0.6) is 0 Å². The molecule has 0 aliphatic carbocycles. The Morgan fingerprint density at radius 3 is 2.15 bits per heavy atom. The minimum Gasteiger partial charge on any atom is -0.460 e. The summed E-state index contributed by atoms with van der Waals surface area (Å²) in [6.45, 7) is 5.14. The molecule has 0 radical (unpaired) electrons. The highest BCUT2D eigenvalue weighted by Gasteiger charge is 2.24. The second kappa shape index (κ2) is 6.33. The maximum Gasteiger partial charge on any atom is 0.307 e. The van der Waals surface area contributed by atoms with Crippen LogP contribution in [0.2, 0.25) is 10.0 Å². The number of hydrogen-bond donors (Lipinski definition) is 0. The van der Waals surface area contributed by atoms with Crippen molar-refractivity contribution in [3.05, 3.63) is 28.2 Å². The highest BCUT2D eigenvalue weighted by Crippen LogP contribution is 2.30. The molecule has 4 nitrogen and oxygen atoms in total. The van der Waals surface area contributed by atoms with Crippen LogP contribution in [0.4, 0.5) is 0 Å². The van der Waals surface area contributed by atoms with Gasteiger partial charge < -0.3 is 4.74 Å². The maximum atomic E-state index is 12.2. The summed E-state index contributed by atoms with van der Waals surface area (Å²) in [6.07, 6.45) is -0.249. The smallest absolute Gasteiger partial charge is 0.307 e. The van der Waals surface area contributed by atoms with Crippen molar-refractivity contribution in [1.82, 2.24) is 0 Å². The second-order valence-corrected chi connectivity index (χ2v) is 8.07. The molecule has 0 saturated carbocycles. The van der Waals surface area contributed by atoms with Gasteiger partial charge in [-0.1, -0.05) is 29.3 Å². The molecule has 0 aromatic heterocycles. The van der Waals surface area contributed by atoms with E-state index in [0.29, 0.717) is 0 Å². The van der Waals surface area contributed by atoms with E-state index in [4.69, 9.17) is 27.9 Å². The molecule has 0 fully saturated rings. The van der Waals surface area contributed by atoms with E-state index in [1.807, 2.05) is 0 Å². The first-order valence-electron chi connectivity index (χ1n) is 5.91. The standard InChI is InChI=1S/C13H16Cl2O4S/c1-13(2,3)19-11(16)7-8-20(17,18)12-9(14)5-4-6-10(12)15/h4-6H,7-8H2,1-3H3. The Morgan fingerprint density at radius 1 is 1.20 bits per heavy atom. The normalized spacial score (nSPS) is 12.2. The topological polar surface area (TPSA) is 60.4 Å². The third-order valence-corrected chi connectivity index (χ3v) is 4.88. The van der Waals surface area contributed by atoms with Crippen molar-refractivity contribution in [2.45, 2.75) is 37.7 Å². The zero-order chi connectivity index (χ0) is 15.6. The summed E-state index contributed by atoms with van der Waals surface area (Å²) in [6, 6.07) is 4.43. The zero-order valence-corrected chi connectivity index (χ0v) is 13.8. The van der Waals surface area contributed by atoms with Crippen LogP contribution in [0.3, 0.4) is 0 Å². The van der Waals surface area contributed by atoms with E-state index in [1.165, 1.54) is 12.1 Å². The molecular weight excluding hydrogens is 323 g/mol. The Bertz CT molecular complexity index is 583. The van der Waals surface area contributed by atoms with Crippen LogP contribution < -0.4 is 0 Å². The summed E-state index contributed by atoms with van der Waals surface area (Å²) in [7, 11) is -3.74. The Balaban J connectivity index is 2.84. The lowest BCUT2D eigenvalue weighted by Gasteiger charge is -2.19. The van der Waals surface area contributed by atoms with Crippen LogP contribution >= 0.6 is 23.2 Å². The fraction of sp³-hybridized carbons (Fsp3) is 0.462. The number of benzene rings is 1. The van der Waals surface area contributed by atoms with Gasteiger partial charge in [0.1, 0.15) is 10.5 Å². The lowest BCUT2D eigenvalue weighted by molar-refractivity contribution is -0.154. The van der Waals surface area contributed by atoms with E-state index in [1.54, 1.807) is 26.8 Å². The molecular formula is C13H16Cl2O4S. The fourth-order valence-corrected chi connectivity index (χ4v) is 3.96. The van der Waals surface area contributed by atoms with Gasteiger partial charge in [0.15, 0.2) is 9.84 Å². The minimum absolute atomic E-state index is 0.0432. The zero-order valence-electron chi connectivity index (χ0n) is 11.4. The number of halogens is 2. The van der Waals surface area contributed by atoms with Crippen molar-refractivity contribution in [3.8, 4) is 0 Å². The van der Waals surface area contributed by atoms with Crippen LogP contribution in [0.15, 0.2) is 23.1 Å². The second-order valence-electron chi connectivity index (χ2n) is 5.21. The average Bonchev–Trinajstić information content (AvgIpc) is 2.23. The Kier molecular flexibility index (Phi) is 5.46. The van der Waals surface area contributed by atoms with Gasteiger partial charge in [-0.05, 0) is 32.9 Å². The lowest BCUT2D eigenvalue weighted by atomic mass is 10.2. The molecule has 0 atom stereocenters. The molecule has 0 heterocycles. The molecule has 0 spiro atoms. The van der Waals surface area contributed by atoms with Crippen LogP contribution in [-0.4, -0.2) is 25.7 Å². The van der Waals surface area contributed by atoms with Gasteiger partial charge in [-0.3, -0.25) is 4.79 Å². The van der Waals surface area contributed by atoms with Gasteiger partial charge in [0.2, 0.25) is 0 Å². The summed E-state index contributed by atoms with van der Waals surface area (Å²) in [5.74, 6) is -0.977. The number of hydrogen-bond acceptors (Lipinski definition) is 4. The van der Waals surface area contributed by atoms with Crippen molar-refractivity contribution in [2.75, 3.05) is 5.75 Å². The van der Waals surface area contributed by atoms with E-state index in [9.17, 15) is 13.2 Å². The molecule has 1 rings (SSSR count). The molecule has 0 aliphatic rings. The highest BCUT2D eigenvalue weighted by molar-refractivity contribution is 7.91. The summed E-state index contributed by atoms with van der Waals surface area (Å²) in [4.78, 5) is 11.4. The number of esters is 1. The summed E-state index contributed by atoms with van der Waals surface area (Å²) < 4.78 is 29.4. The van der Waals surface area contributed by atoms with Crippen molar-refractivity contribution in [1.29, 1.82) is 0 Å². The van der Waals surface area contributed by atoms with Crippen LogP contribution in [-0.2, 0) is 19.4 Å². The molecule has 0 amide bonds. The first-order valence-corrected chi connectivity index (χ1v) is 8.32. The van der Waals surface area contributed by atoms with E-state index >= 15 is 0 Å². The van der Waals surface area contributed by atoms with Gasteiger partial charge >= 0.3 is 5.97 Å². The largest absolute Gasteiger partial charge is 0.460 e. The third kappa shape index (κ3) is 4.96. The van der Waals surface area contributed by atoms with Gasteiger partial charge in [0.25, 0.3) is 0 Å². The molecule has 0 aliphatic heterocycles. The van der Waals surface area contributed by atoms with E-state index in [0.717, 1.165) is 0 Å². The molecule has 112 valence electrons. The van der Waals surface area contributed by atoms with Gasteiger partial charge in [-0.15, -0.1) is 0 Å². The number of ether oxygens (including phenoxy) is 1. The van der Waals surface area contributed by atoms with Gasteiger partial charge in [0.05, 0.1) is 22.2 Å². The highest BCUT2D eigenvalue weighted by atomic mass is 35.5. The number of rotatable bonds is 4. The first-order chi connectivity index (χ1) is 9.03. The van der Waals surface area contributed by atoms with Crippen molar-refractivity contribution < 1.29 is 17.9 Å². The molecule has 1 aromatic rings. The molecule has 0 unspecified atom stereocenters. The maximum absolute atomic E-state index is 12.2.